The third-order valence-electron chi connectivity index (χ3n) is 2.76. The lowest BCUT2D eigenvalue weighted by atomic mass is 10.2. The molecule has 0 atom stereocenters. The van der Waals surface area contributed by atoms with Gasteiger partial charge in [0.05, 0.1) is 5.75 Å². The maximum absolute atomic E-state index is 11.6. The second-order valence-corrected chi connectivity index (χ2v) is 6.03. The van der Waals surface area contributed by atoms with Crippen molar-refractivity contribution in [3.05, 3.63) is 64.7 Å². The zero-order valence-electron chi connectivity index (χ0n) is 12.0. The molecule has 2 aromatic rings. The van der Waals surface area contributed by atoms with Crippen molar-refractivity contribution < 1.29 is 9.63 Å². The van der Waals surface area contributed by atoms with Gasteiger partial charge in [-0.1, -0.05) is 34.5 Å². The quantitative estimate of drug-likeness (QED) is 0.298. The van der Waals surface area contributed by atoms with Gasteiger partial charge >= 0.3 is 5.97 Å². The van der Waals surface area contributed by atoms with E-state index in [1.54, 1.807) is 24.3 Å². The van der Waals surface area contributed by atoms with E-state index in [-0.39, 0.29) is 11.6 Å². The Kier molecular flexibility index (Phi) is 5.86. The Bertz CT molecular complexity index is 670. The van der Waals surface area contributed by atoms with E-state index in [1.807, 2.05) is 31.2 Å². The summed E-state index contributed by atoms with van der Waals surface area (Å²) < 4.78 is 0. The lowest BCUT2D eigenvalue weighted by Gasteiger charge is -2.02. The molecule has 0 aliphatic rings. The summed E-state index contributed by atoms with van der Waals surface area (Å²) in [7, 11) is 0. The van der Waals surface area contributed by atoms with Gasteiger partial charge in [-0.2, -0.15) is 0 Å². The molecular weight excluding hydrogens is 320 g/mol. The molecule has 0 spiro atoms. The van der Waals surface area contributed by atoms with Crippen LogP contribution in [0.1, 0.15) is 11.1 Å². The first-order valence-electron chi connectivity index (χ1n) is 6.53. The van der Waals surface area contributed by atoms with Gasteiger partial charge in [0, 0.05) is 15.5 Å². The fraction of sp³-hybridized carbons (Fsp3) is 0.125. The van der Waals surface area contributed by atoms with Gasteiger partial charge in [-0.25, -0.2) is 4.79 Å². The number of thioether (sulfide) groups is 1. The zero-order valence-corrected chi connectivity index (χ0v) is 13.5. The maximum atomic E-state index is 11.6. The van der Waals surface area contributed by atoms with E-state index in [9.17, 15) is 4.79 Å². The van der Waals surface area contributed by atoms with Crippen molar-refractivity contribution in [3.63, 3.8) is 0 Å². The smallest absolute Gasteiger partial charge is 0.345 e. The first-order valence-corrected chi connectivity index (χ1v) is 7.89. The molecule has 0 aliphatic carbocycles. The topological polar surface area (TPSA) is 64.7 Å². The highest BCUT2D eigenvalue weighted by atomic mass is 35.5. The minimum Gasteiger partial charge on any atom is -0.380 e. The van der Waals surface area contributed by atoms with Crippen LogP contribution in [0.4, 0.5) is 0 Å². The number of nitrogens with zero attached hydrogens (tertiary/aromatic N) is 1. The molecule has 2 rings (SSSR count). The molecule has 0 radical (unpaired) electrons. The average Bonchev–Trinajstić information content (AvgIpc) is 2.52. The van der Waals surface area contributed by atoms with Gasteiger partial charge in [-0.05, 0) is 43.3 Å². The first kappa shape index (κ1) is 16.4. The lowest BCUT2D eigenvalue weighted by Crippen LogP contribution is -2.15. The van der Waals surface area contributed by atoms with Crippen LogP contribution in [-0.4, -0.2) is 17.6 Å². The van der Waals surface area contributed by atoms with Crippen LogP contribution in [0.3, 0.4) is 0 Å². The van der Waals surface area contributed by atoms with Crippen molar-refractivity contribution in [1.29, 1.82) is 0 Å². The number of oxime groups is 1. The van der Waals surface area contributed by atoms with E-state index >= 15 is 0 Å². The van der Waals surface area contributed by atoms with Crippen molar-refractivity contribution in [2.24, 2.45) is 10.9 Å². The SMILES string of the molecule is Cc1ccc(SCC(=O)ON=C(N)c2ccc(Cl)cc2)cc1. The molecule has 0 saturated carbocycles. The molecule has 0 bridgehead atoms. The summed E-state index contributed by atoms with van der Waals surface area (Å²) in [5, 5.41) is 4.24. The van der Waals surface area contributed by atoms with Crippen molar-refractivity contribution >= 4 is 35.2 Å². The summed E-state index contributed by atoms with van der Waals surface area (Å²) in [6.45, 7) is 2.01. The Labute approximate surface area is 138 Å². The molecule has 0 fully saturated rings. The van der Waals surface area contributed by atoms with Gasteiger partial charge in [0.2, 0.25) is 0 Å². The average molecular weight is 335 g/mol. The van der Waals surface area contributed by atoms with Crippen molar-refractivity contribution in [3.8, 4) is 0 Å². The molecule has 0 aliphatic heterocycles. The highest BCUT2D eigenvalue weighted by molar-refractivity contribution is 8.00. The Morgan fingerprint density at radius 2 is 1.82 bits per heavy atom. The number of carbonyl (C=O) groups is 1. The van der Waals surface area contributed by atoms with Gasteiger partial charge in [-0.15, -0.1) is 11.8 Å². The minimum atomic E-state index is -0.456. The molecule has 0 saturated heterocycles. The van der Waals surface area contributed by atoms with Crippen LogP contribution in [0, 0.1) is 6.92 Å². The fourth-order valence-electron chi connectivity index (χ4n) is 1.58. The molecule has 0 unspecified atom stereocenters. The molecule has 2 N–H and O–H groups in total. The number of rotatable bonds is 5. The Morgan fingerprint density at radius 3 is 2.45 bits per heavy atom. The number of hydrogen-bond acceptors (Lipinski definition) is 4. The molecule has 0 heterocycles. The molecular formula is C16H15ClN2O2S. The fourth-order valence-corrected chi connectivity index (χ4v) is 2.37. The summed E-state index contributed by atoms with van der Waals surface area (Å²) in [5.41, 5.74) is 7.56. The number of halogens is 1. The summed E-state index contributed by atoms with van der Waals surface area (Å²) in [5.74, 6) is -0.159. The monoisotopic (exact) mass is 334 g/mol. The zero-order chi connectivity index (χ0) is 15.9. The van der Waals surface area contributed by atoms with Crippen LogP contribution in [0.2, 0.25) is 5.02 Å². The molecule has 114 valence electrons. The predicted octanol–water partition coefficient (Wildman–Crippen LogP) is 3.60. The van der Waals surface area contributed by atoms with Crippen LogP contribution in [-0.2, 0) is 9.63 Å². The number of nitrogens with two attached hydrogens (primary N) is 1. The standard InChI is InChI=1S/C16H15ClN2O2S/c1-11-2-8-14(9-3-11)22-10-15(20)21-19-16(18)12-4-6-13(17)7-5-12/h2-9H,10H2,1H3,(H2,18,19). The van der Waals surface area contributed by atoms with Gasteiger partial charge in [0.25, 0.3) is 0 Å². The van der Waals surface area contributed by atoms with E-state index < -0.39 is 5.97 Å². The van der Waals surface area contributed by atoms with E-state index in [0.29, 0.717) is 10.6 Å². The number of amidine groups is 1. The van der Waals surface area contributed by atoms with Crippen molar-refractivity contribution in [2.75, 3.05) is 5.75 Å². The van der Waals surface area contributed by atoms with Gasteiger partial charge in [-0.3, -0.25) is 0 Å². The molecule has 22 heavy (non-hydrogen) atoms. The minimum absolute atomic E-state index is 0.130. The molecule has 4 nitrogen and oxygen atoms in total. The van der Waals surface area contributed by atoms with E-state index in [1.165, 1.54) is 17.3 Å². The Balaban J connectivity index is 1.85. The van der Waals surface area contributed by atoms with Gasteiger partial charge < -0.3 is 10.6 Å². The summed E-state index contributed by atoms with van der Waals surface area (Å²) in [6, 6.07) is 14.7. The number of aryl methyl sites for hydroxylation is 1. The van der Waals surface area contributed by atoms with E-state index in [4.69, 9.17) is 22.2 Å². The second kappa shape index (κ2) is 7.87. The maximum Gasteiger partial charge on any atom is 0.345 e. The van der Waals surface area contributed by atoms with Gasteiger partial charge in [0.1, 0.15) is 0 Å². The molecule has 0 aromatic heterocycles. The summed E-state index contributed by atoms with van der Waals surface area (Å²) >= 11 is 7.17. The van der Waals surface area contributed by atoms with Crippen molar-refractivity contribution in [2.45, 2.75) is 11.8 Å². The van der Waals surface area contributed by atoms with E-state index in [0.717, 1.165) is 4.90 Å². The van der Waals surface area contributed by atoms with E-state index in [2.05, 4.69) is 5.16 Å². The van der Waals surface area contributed by atoms with Crippen LogP contribution >= 0.6 is 23.4 Å². The summed E-state index contributed by atoms with van der Waals surface area (Å²) in [6.07, 6.45) is 0. The van der Waals surface area contributed by atoms with Crippen LogP contribution in [0.15, 0.2) is 58.6 Å². The molecule has 2 aromatic carbocycles. The third kappa shape index (κ3) is 5.09. The predicted molar refractivity (Wildman–Crippen MR) is 90.2 cm³/mol. The molecule has 0 amide bonds. The highest BCUT2D eigenvalue weighted by Crippen LogP contribution is 2.18. The third-order valence-corrected chi connectivity index (χ3v) is 4.00. The van der Waals surface area contributed by atoms with Crippen LogP contribution < -0.4 is 5.73 Å². The second-order valence-electron chi connectivity index (χ2n) is 4.55. The van der Waals surface area contributed by atoms with Crippen LogP contribution in [0.25, 0.3) is 0 Å². The first-order chi connectivity index (χ1) is 10.5. The normalized spacial score (nSPS) is 11.3. The number of carbonyl (C=O) groups excluding carboxylic acids is 1. The number of benzene rings is 2. The number of hydrogen-bond donors (Lipinski definition) is 1. The van der Waals surface area contributed by atoms with Gasteiger partial charge in [0.15, 0.2) is 5.84 Å². The summed E-state index contributed by atoms with van der Waals surface area (Å²) in [4.78, 5) is 17.4. The molecule has 6 heteroatoms. The van der Waals surface area contributed by atoms with Crippen molar-refractivity contribution in [1.82, 2.24) is 0 Å². The Hall–Kier alpha value is -1.98. The lowest BCUT2D eigenvalue weighted by molar-refractivity contribution is -0.140. The highest BCUT2D eigenvalue weighted by Gasteiger charge is 2.06. The Morgan fingerprint density at radius 1 is 1.18 bits per heavy atom. The van der Waals surface area contributed by atoms with Crippen LogP contribution in [0.5, 0.6) is 0 Å². The largest absolute Gasteiger partial charge is 0.380 e.